The molecule has 1 unspecified atom stereocenters. The molecule has 0 aliphatic carbocycles. The van der Waals surface area contributed by atoms with Crippen molar-refractivity contribution >= 4 is 15.7 Å². The average Bonchev–Trinajstić information content (AvgIpc) is 3.08. The predicted octanol–water partition coefficient (Wildman–Crippen LogP) is 2.39. The molecule has 1 aromatic heterocycles. The Morgan fingerprint density at radius 2 is 1.95 bits per heavy atom. The third-order valence-electron chi connectivity index (χ3n) is 3.19. The zero-order valence-corrected chi connectivity index (χ0v) is 11.7. The standard InChI is InChI=1S/C14H14N2O3S/c1-20(17,18)16-13(14-8-5-9-19-14)10-12(15-16)11-6-3-2-4-7-11/h2-9,13H,10H2,1H3. The largest absolute Gasteiger partial charge is 0.467 e. The van der Waals surface area contributed by atoms with Gasteiger partial charge in [0.05, 0.1) is 18.2 Å². The molecule has 0 radical (unpaired) electrons. The maximum atomic E-state index is 11.9. The molecule has 1 aromatic carbocycles. The summed E-state index contributed by atoms with van der Waals surface area (Å²) in [5.74, 6) is 0.602. The Hall–Kier alpha value is -2.08. The summed E-state index contributed by atoms with van der Waals surface area (Å²) < 4.78 is 30.3. The van der Waals surface area contributed by atoms with Crippen molar-refractivity contribution in [1.82, 2.24) is 4.41 Å². The Kier molecular flexibility index (Phi) is 3.10. The lowest BCUT2D eigenvalue weighted by atomic mass is 10.0. The third-order valence-corrected chi connectivity index (χ3v) is 4.21. The maximum absolute atomic E-state index is 11.9. The second-order valence-corrected chi connectivity index (χ2v) is 6.52. The molecule has 0 spiro atoms. The van der Waals surface area contributed by atoms with Gasteiger partial charge in [-0.1, -0.05) is 30.3 Å². The van der Waals surface area contributed by atoms with Crippen LogP contribution in [0.25, 0.3) is 0 Å². The van der Waals surface area contributed by atoms with Crippen LogP contribution in [-0.4, -0.2) is 24.8 Å². The number of benzene rings is 1. The molecule has 3 rings (SSSR count). The van der Waals surface area contributed by atoms with Gasteiger partial charge in [-0.15, -0.1) is 0 Å². The van der Waals surface area contributed by atoms with Gasteiger partial charge >= 0.3 is 0 Å². The van der Waals surface area contributed by atoms with E-state index >= 15 is 0 Å². The lowest BCUT2D eigenvalue weighted by Gasteiger charge is -2.18. The molecule has 0 N–H and O–H groups in total. The van der Waals surface area contributed by atoms with E-state index in [2.05, 4.69) is 5.10 Å². The van der Waals surface area contributed by atoms with Gasteiger partial charge in [-0.3, -0.25) is 0 Å². The quantitative estimate of drug-likeness (QED) is 0.872. The van der Waals surface area contributed by atoms with Crippen LogP contribution in [0, 0.1) is 0 Å². The van der Waals surface area contributed by atoms with Crippen LogP contribution in [0.1, 0.15) is 23.8 Å². The fourth-order valence-electron chi connectivity index (χ4n) is 2.29. The second kappa shape index (κ2) is 4.79. The highest BCUT2D eigenvalue weighted by Crippen LogP contribution is 2.34. The Morgan fingerprint density at radius 1 is 1.20 bits per heavy atom. The zero-order chi connectivity index (χ0) is 14.2. The van der Waals surface area contributed by atoms with Gasteiger partial charge in [0.15, 0.2) is 0 Å². The average molecular weight is 290 g/mol. The summed E-state index contributed by atoms with van der Waals surface area (Å²) in [7, 11) is -3.43. The van der Waals surface area contributed by atoms with Crippen LogP contribution in [0.3, 0.4) is 0 Å². The van der Waals surface area contributed by atoms with E-state index in [-0.39, 0.29) is 0 Å². The van der Waals surface area contributed by atoms with Gasteiger partial charge in [-0.05, 0) is 17.7 Å². The molecule has 5 nitrogen and oxygen atoms in total. The number of sulfonamides is 1. The Morgan fingerprint density at radius 3 is 2.55 bits per heavy atom. The van der Waals surface area contributed by atoms with Crippen molar-refractivity contribution in [2.45, 2.75) is 12.5 Å². The van der Waals surface area contributed by atoms with E-state index in [1.54, 1.807) is 12.1 Å². The fraction of sp³-hybridized carbons (Fsp3) is 0.214. The number of hydrogen-bond acceptors (Lipinski definition) is 4. The number of rotatable bonds is 3. The maximum Gasteiger partial charge on any atom is 0.247 e. The van der Waals surface area contributed by atoms with E-state index in [4.69, 9.17) is 4.42 Å². The van der Waals surface area contributed by atoms with E-state index in [0.29, 0.717) is 12.2 Å². The van der Waals surface area contributed by atoms with Crippen molar-refractivity contribution in [2.75, 3.05) is 6.26 Å². The molecule has 20 heavy (non-hydrogen) atoms. The first kappa shape index (κ1) is 12.9. The van der Waals surface area contributed by atoms with Crippen molar-refractivity contribution in [3.8, 4) is 0 Å². The Bertz CT molecular complexity index is 721. The molecule has 0 bridgehead atoms. The fourth-order valence-corrected chi connectivity index (χ4v) is 3.18. The summed E-state index contributed by atoms with van der Waals surface area (Å²) in [6, 6.07) is 12.7. The summed E-state index contributed by atoms with van der Waals surface area (Å²) in [6.45, 7) is 0. The first-order chi connectivity index (χ1) is 9.55. The monoisotopic (exact) mass is 290 g/mol. The number of hydrazone groups is 1. The van der Waals surface area contributed by atoms with Crippen molar-refractivity contribution in [3.05, 3.63) is 60.1 Å². The predicted molar refractivity (Wildman–Crippen MR) is 75.7 cm³/mol. The van der Waals surface area contributed by atoms with Gasteiger partial charge in [-0.25, -0.2) is 8.42 Å². The van der Waals surface area contributed by atoms with Crippen LogP contribution in [-0.2, 0) is 10.0 Å². The summed E-state index contributed by atoms with van der Waals surface area (Å²) >= 11 is 0. The molecule has 0 fully saturated rings. The lowest BCUT2D eigenvalue weighted by Crippen LogP contribution is -2.25. The van der Waals surface area contributed by atoms with Crippen LogP contribution >= 0.6 is 0 Å². The van der Waals surface area contributed by atoms with Crippen LogP contribution < -0.4 is 0 Å². The number of nitrogens with zero attached hydrogens (tertiary/aromatic N) is 2. The molecule has 1 atom stereocenters. The Labute approximate surface area is 117 Å². The number of furan rings is 1. The highest BCUT2D eigenvalue weighted by Gasteiger charge is 2.35. The summed E-state index contributed by atoms with van der Waals surface area (Å²) in [5, 5.41) is 4.27. The van der Waals surface area contributed by atoms with Gasteiger partial charge in [0.2, 0.25) is 10.0 Å². The van der Waals surface area contributed by atoms with Gasteiger partial charge in [-0.2, -0.15) is 9.52 Å². The molecular weight excluding hydrogens is 276 g/mol. The minimum absolute atomic E-state index is 0.407. The molecule has 0 amide bonds. The molecule has 1 aliphatic rings. The normalized spacial score (nSPS) is 19.1. The lowest BCUT2D eigenvalue weighted by molar-refractivity contribution is 0.322. The molecule has 0 saturated heterocycles. The first-order valence-electron chi connectivity index (χ1n) is 6.21. The molecule has 2 aromatic rings. The third kappa shape index (κ3) is 2.34. The van der Waals surface area contributed by atoms with Gasteiger partial charge < -0.3 is 4.42 Å². The smallest absolute Gasteiger partial charge is 0.247 e. The van der Waals surface area contributed by atoms with Crippen LogP contribution in [0.5, 0.6) is 0 Å². The summed E-state index contributed by atoms with van der Waals surface area (Å²) in [6.07, 6.45) is 3.20. The molecule has 6 heteroatoms. The summed E-state index contributed by atoms with van der Waals surface area (Å²) in [5.41, 5.74) is 1.67. The molecule has 2 heterocycles. The SMILES string of the molecule is CS(=O)(=O)N1N=C(c2ccccc2)CC1c1ccco1. The van der Waals surface area contributed by atoms with E-state index in [1.165, 1.54) is 6.26 Å². The van der Waals surface area contributed by atoms with Crippen molar-refractivity contribution < 1.29 is 12.8 Å². The molecule has 1 aliphatic heterocycles. The van der Waals surface area contributed by atoms with E-state index in [0.717, 1.165) is 21.9 Å². The Balaban J connectivity index is 2.00. The van der Waals surface area contributed by atoms with Crippen LogP contribution in [0.15, 0.2) is 58.2 Å². The van der Waals surface area contributed by atoms with Gasteiger partial charge in [0, 0.05) is 6.42 Å². The van der Waals surface area contributed by atoms with E-state index in [1.807, 2.05) is 30.3 Å². The van der Waals surface area contributed by atoms with Gasteiger partial charge in [0.1, 0.15) is 11.8 Å². The van der Waals surface area contributed by atoms with Crippen LogP contribution in [0.4, 0.5) is 0 Å². The van der Waals surface area contributed by atoms with Crippen molar-refractivity contribution in [1.29, 1.82) is 0 Å². The first-order valence-corrected chi connectivity index (χ1v) is 8.06. The van der Waals surface area contributed by atoms with Crippen LogP contribution in [0.2, 0.25) is 0 Å². The minimum atomic E-state index is -3.43. The highest BCUT2D eigenvalue weighted by molar-refractivity contribution is 7.88. The van der Waals surface area contributed by atoms with Gasteiger partial charge in [0.25, 0.3) is 0 Å². The minimum Gasteiger partial charge on any atom is -0.467 e. The molecular formula is C14H14N2O3S. The highest BCUT2D eigenvalue weighted by atomic mass is 32.2. The topological polar surface area (TPSA) is 62.9 Å². The zero-order valence-electron chi connectivity index (χ0n) is 10.9. The molecule has 0 saturated carbocycles. The van der Waals surface area contributed by atoms with E-state index in [9.17, 15) is 8.42 Å². The number of hydrogen-bond donors (Lipinski definition) is 0. The van der Waals surface area contributed by atoms with E-state index < -0.39 is 16.1 Å². The summed E-state index contributed by atoms with van der Waals surface area (Å²) in [4.78, 5) is 0. The van der Waals surface area contributed by atoms with Crippen molar-refractivity contribution in [2.24, 2.45) is 5.10 Å². The van der Waals surface area contributed by atoms with Crippen molar-refractivity contribution in [3.63, 3.8) is 0 Å². The molecule has 104 valence electrons. The second-order valence-electron chi connectivity index (χ2n) is 4.68.